The number of rotatable bonds is 5. The van der Waals surface area contributed by atoms with Crippen LogP contribution < -0.4 is 4.72 Å². The molecule has 0 heterocycles. The zero-order chi connectivity index (χ0) is 11.5. The molecule has 0 saturated heterocycles. The second kappa shape index (κ2) is 4.92. The van der Waals surface area contributed by atoms with Crippen molar-refractivity contribution in [2.75, 3.05) is 6.54 Å². The van der Waals surface area contributed by atoms with E-state index in [9.17, 15) is 8.42 Å². The van der Waals surface area contributed by atoms with Crippen LogP contribution in [0.2, 0.25) is 0 Å². The van der Waals surface area contributed by atoms with E-state index in [1.807, 2.05) is 0 Å². The highest BCUT2D eigenvalue weighted by molar-refractivity contribution is 7.90. The largest absolute Gasteiger partial charge is 0.393 e. The fourth-order valence-corrected chi connectivity index (χ4v) is 2.83. The smallest absolute Gasteiger partial charge is 0.227 e. The number of sulfonamides is 1. The van der Waals surface area contributed by atoms with Gasteiger partial charge in [0, 0.05) is 6.54 Å². The van der Waals surface area contributed by atoms with E-state index in [-0.39, 0.29) is 12.0 Å². The van der Waals surface area contributed by atoms with Crippen molar-refractivity contribution in [1.29, 1.82) is 5.26 Å². The second-order valence-electron chi connectivity index (χ2n) is 3.91. The molecule has 1 aliphatic rings. The van der Waals surface area contributed by atoms with E-state index >= 15 is 0 Å². The molecule has 15 heavy (non-hydrogen) atoms. The molecule has 1 saturated carbocycles. The fourth-order valence-electron chi connectivity index (χ4n) is 1.58. The Bertz CT molecular complexity index is 341. The van der Waals surface area contributed by atoms with Crippen molar-refractivity contribution in [1.82, 2.24) is 4.72 Å². The number of aliphatic hydroxyl groups excluding tert-OH is 1. The number of nitriles is 1. The minimum absolute atomic E-state index is 0.214. The van der Waals surface area contributed by atoms with E-state index < -0.39 is 15.3 Å². The summed E-state index contributed by atoms with van der Waals surface area (Å²) in [5.41, 5.74) is 0. The molecule has 1 atom stereocenters. The quantitative estimate of drug-likeness (QED) is 0.697. The van der Waals surface area contributed by atoms with Gasteiger partial charge in [0.1, 0.15) is 0 Å². The zero-order valence-corrected chi connectivity index (χ0v) is 9.50. The average Bonchev–Trinajstić information content (AvgIpc) is 2.12. The van der Waals surface area contributed by atoms with Gasteiger partial charge < -0.3 is 5.11 Å². The fraction of sp³-hybridized carbons (Fsp3) is 0.889. The van der Waals surface area contributed by atoms with Gasteiger partial charge in [-0.1, -0.05) is 6.92 Å². The Labute approximate surface area is 90.2 Å². The van der Waals surface area contributed by atoms with Gasteiger partial charge in [0.15, 0.2) is 5.25 Å². The van der Waals surface area contributed by atoms with Crippen LogP contribution in [-0.2, 0) is 10.0 Å². The predicted molar refractivity (Wildman–Crippen MR) is 55.3 cm³/mol. The van der Waals surface area contributed by atoms with Crippen LogP contribution in [0.4, 0.5) is 0 Å². The molecule has 0 radical (unpaired) electrons. The Morgan fingerprint density at radius 2 is 2.20 bits per heavy atom. The van der Waals surface area contributed by atoms with Crippen molar-refractivity contribution in [2.24, 2.45) is 5.92 Å². The third-order valence-corrected chi connectivity index (χ3v) is 4.43. The summed E-state index contributed by atoms with van der Waals surface area (Å²) in [7, 11) is -3.50. The van der Waals surface area contributed by atoms with E-state index in [0.29, 0.717) is 25.8 Å². The Hall–Kier alpha value is -0.640. The van der Waals surface area contributed by atoms with Crippen LogP contribution in [-0.4, -0.2) is 31.4 Å². The molecule has 6 heteroatoms. The minimum Gasteiger partial charge on any atom is -0.393 e. The number of nitrogens with one attached hydrogen (secondary N) is 1. The van der Waals surface area contributed by atoms with E-state index in [4.69, 9.17) is 10.4 Å². The van der Waals surface area contributed by atoms with Crippen LogP contribution in [0.15, 0.2) is 0 Å². The third kappa shape index (κ3) is 3.16. The normalized spacial score (nSPS) is 27.8. The van der Waals surface area contributed by atoms with Crippen LogP contribution in [0, 0.1) is 17.2 Å². The standard InChI is InChI=1S/C9H16N2O3S/c1-2-9(5-10)15(13,14)11-6-7-3-8(12)4-7/h7-9,11-12H,2-4,6H2,1H3. The van der Waals surface area contributed by atoms with Crippen molar-refractivity contribution < 1.29 is 13.5 Å². The monoisotopic (exact) mass is 232 g/mol. The van der Waals surface area contributed by atoms with Crippen LogP contribution in [0.1, 0.15) is 26.2 Å². The van der Waals surface area contributed by atoms with Gasteiger partial charge >= 0.3 is 0 Å². The lowest BCUT2D eigenvalue weighted by molar-refractivity contribution is 0.0453. The summed E-state index contributed by atoms with van der Waals surface area (Å²) in [5, 5.41) is 16.7. The van der Waals surface area contributed by atoms with Crippen molar-refractivity contribution in [2.45, 2.75) is 37.5 Å². The average molecular weight is 232 g/mol. The van der Waals surface area contributed by atoms with Gasteiger partial charge in [-0.15, -0.1) is 0 Å². The van der Waals surface area contributed by atoms with Gasteiger partial charge in [0.05, 0.1) is 12.2 Å². The highest BCUT2D eigenvalue weighted by Crippen LogP contribution is 2.26. The van der Waals surface area contributed by atoms with E-state index in [0.717, 1.165) is 0 Å². The molecule has 5 nitrogen and oxygen atoms in total. The van der Waals surface area contributed by atoms with Crippen molar-refractivity contribution in [3.8, 4) is 6.07 Å². The maximum atomic E-state index is 11.5. The summed E-state index contributed by atoms with van der Waals surface area (Å²) < 4.78 is 25.5. The molecule has 1 unspecified atom stereocenters. The number of hydrogen-bond acceptors (Lipinski definition) is 4. The molecule has 86 valence electrons. The molecule has 0 spiro atoms. The number of aliphatic hydroxyl groups is 1. The Morgan fingerprint density at radius 3 is 2.60 bits per heavy atom. The maximum Gasteiger partial charge on any atom is 0.227 e. The number of hydrogen-bond donors (Lipinski definition) is 2. The molecule has 0 aromatic heterocycles. The SMILES string of the molecule is CCC(C#N)S(=O)(=O)NCC1CC(O)C1. The predicted octanol–water partition coefficient (Wildman–Crippen LogP) is -0.0211. The highest BCUT2D eigenvalue weighted by Gasteiger charge is 2.30. The number of nitrogens with zero attached hydrogens (tertiary/aromatic N) is 1. The Kier molecular flexibility index (Phi) is 4.08. The molecule has 2 N–H and O–H groups in total. The van der Waals surface area contributed by atoms with Crippen molar-refractivity contribution in [3.63, 3.8) is 0 Å². The van der Waals surface area contributed by atoms with Crippen LogP contribution in [0.3, 0.4) is 0 Å². The Balaban J connectivity index is 2.40. The Morgan fingerprint density at radius 1 is 1.60 bits per heavy atom. The van der Waals surface area contributed by atoms with Crippen molar-refractivity contribution >= 4 is 10.0 Å². The van der Waals surface area contributed by atoms with Gasteiger partial charge in [-0.25, -0.2) is 13.1 Å². The molecule has 0 bridgehead atoms. The van der Waals surface area contributed by atoms with E-state index in [1.54, 1.807) is 13.0 Å². The van der Waals surface area contributed by atoms with Crippen LogP contribution in [0.5, 0.6) is 0 Å². The van der Waals surface area contributed by atoms with Gasteiger partial charge in [-0.3, -0.25) is 0 Å². The minimum atomic E-state index is -3.50. The second-order valence-corrected chi connectivity index (χ2v) is 5.86. The summed E-state index contributed by atoms with van der Waals surface area (Å²) in [6.07, 6.45) is 1.30. The molecule has 1 aliphatic carbocycles. The maximum absolute atomic E-state index is 11.5. The molecule has 0 amide bonds. The van der Waals surface area contributed by atoms with Gasteiger partial charge in [-0.2, -0.15) is 5.26 Å². The molecule has 1 fully saturated rings. The van der Waals surface area contributed by atoms with Gasteiger partial charge in [-0.05, 0) is 25.2 Å². The van der Waals surface area contributed by atoms with Crippen molar-refractivity contribution in [3.05, 3.63) is 0 Å². The van der Waals surface area contributed by atoms with Gasteiger partial charge in [0.25, 0.3) is 0 Å². The van der Waals surface area contributed by atoms with Crippen LogP contribution in [0.25, 0.3) is 0 Å². The first-order valence-corrected chi connectivity index (χ1v) is 6.60. The zero-order valence-electron chi connectivity index (χ0n) is 8.68. The first-order valence-electron chi connectivity index (χ1n) is 5.05. The highest BCUT2D eigenvalue weighted by atomic mass is 32.2. The summed E-state index contributed by atoms with van der Waals surface area (Å²) in [5.74, 6) is 0.214. The van der Waals surface area contributed by atoms with E-state index in [2.05, 4.69) is 4.72 Å². The lowest BCUT2D eigenvalue weighted by Gasteiger charge is -2.31. The third-order valence-electron chi connectivity index (χ3n) is 2.67. The molecule has 0 aliphatic heterocycles. The summed E-state index contributed by atoms with van der Waals surface area (Å²) in [6, 6.07) is 1.76. The summed E-state index contributed by atoms with van der Waals surface area (Å²) >= 11 is 0. The first kappa shape index (κ1) is 12.4. The summed E-state index contributed by atoms with van der Waals surface area (Å²) in [4.78, 5) is 0. The molecule has 0 aromatic carbocycles. The molecular formula is C9H16N2O3S. The first-order chi connectivity index (χ1) is 6.99. The lowest BCUT2D eigenvalue weighted by Crippen LogP contribution is -2.41. The molecular weight excluding hydrogens is 216 g/mol. The molecule has 0 aromatic rings. The summed E-state index contributed by atoms with van der Waals surface area (Å²) in [6.45, 7) is 2.00. The molecule has 1 rings (SSSR count). The van der Waals surface area contributed by atoms with Crippen LogP contribution >= 0.6 is 0 Å². The lowest BCUT2D eigenvalue weighted by atomic mass is 9.83. The topological polar surface area (TPSA) is 90.2 Å². The van der Waals surface area contributed by atoms with E-state index in [1.165, 1.54) is 0 Å². The van der Waals surface area contributed by atoms with Gasteiger partial charge in [0.2, 0.25) is 10.0 Å².